The molecule has 0 aliphatic carbocycles. The SMILES string of the molecule is Cc1cccc(NC(=O)CN(C)c2ccc(CN)cc2)c1. The first-order valence-electron chi connectivity index (χ1n) is 6.95. The number of benzene rings is 2. The zero-order chi connectivity index (χ0) is 15.2. The van der Waals surface area contributed by atoms with Crippen LogP contribution in [0.5, 0.6) is 0 Å². The number of rotatable bonds is 5. The highest BCUT2D eigenvalue weighted by Gasteiger charge is 2.08. The maximum atomic E-state index is 12.1. The lowest BCUT2D eigenvalue weighted by Gasteiger charge is -2.19. The van der Waals surface area contributed by atoms with Gasteiger partial charge in [-0.1, -0.05) is 24.3 Å². The Morgan fingerprint density at radius 3 is 2.52 bits per heavy atom. The zero-order valence-corrected chi connectivity index (χ0v) is 12.5. The van der Waals surface area contributed by atoms with Gasteiger partial charge < -0.3 is 16.0 Å². The summed E-state index contributed by atoms with van der Waals surface area (Å²) in [6, 6.07) is 15.7. The number of aryl methyl sites for hydroxylation is 1. The third-order valence-corrected chi connectivity index (χ3v) is 3.30. The highest BCUT2D eigenvalue weighted by atomic mass is 16.2. The number of anilines is 2. The highest BCUT2D eigenvalue weighted by molar-refractivity contribution is 5.94. The molecule has 0 saturated carbocycles. The van der Waals surface area contributed by atoms with E-state index in [1.807, 2.05) is 67.4 Å². The quantitative estimate of drug-likeness (QED) is 0.886. The third-order valence-electron chi connectivity index (χ3n) is 3.30. The van der Waals surface area contributed by atoms with Gasteiger partial charge in [-0.2, -0.15) is 0 Å². The standard InChI is InChI=1S/C17H21N3O/c1-13-4-3-5-15(10-13)19-17(21)12-20(2)16-8-6-14(11-18)7-9-16/h3-10H,11-12,18H2,1-2H3,(H,19,21). The molecule has 0 atom stereocenters. The number of hydrogen-bond donors (Lipinski definition) is 2. The molecule has 4 nitrogen and oxygen atoms in total. The third kappa shape index (κ3) is 4.33. The van der Waals surface area contributed by atoms with Gasteiger partial charge in [-0.15, -0.1) is 0 Å². The molecular formula is C17H21N3O. The number of nitrogens with two attached hydrogens (primary N) is 1. The molecule has 2 rings (SSSR count). The smallest absolute Gasteiger partial charge is 0.243 e. The van der Waals surface area contributed by atoms with Crippen LogP contribution in [0.25, 0.3) is 0 Å². The number of hydrogen-bond acceptors (Lipinski definition) is 3. The molecule has 0 fully saturated rings. The average molecular weight is 283 g/mol. The summed E-state index contributed by atoms with van der Waals surface area (Å²) in [7, 11) is 1.90. The average Bonchev–Trinajstić information content (AvgIpc) is 2.47. The van der Waals surface area contributed by atoms with E-state index in [9.17, 15) is 4.79 Å². The van der Waals surface area contributed by atoms with Gasteiger partial charge in [0.15, 0.2) is 0 Å². The molecule has 110 valence electrons. The van der Waals surface area contributed by atoms with Crippen LogP contribution in [0.2, 0.25) is 0 Å². The first kappa shape index (κ1) is 15.1. The molecule has 3 N–H and O–H groups in total. The Morgan fingerprint density at radius 2 is 1.90 bits per heavy atom. The van der Waals surface area contributed by atoms with Crippen molar-refractivity contribution in [2.24, 2.45) is 5.73 Å². The van der Waals surface area contributed by atoms with Crippen LogP contribution in [0.1, 0.15) is 11.1 Å². The van der Waals surface area contributed by atoms with Crippen LogP contribution in [0.15, 0.2) is 48.5 Å². The first-order valence-corrected chi connectivity index (χ1v) is 6.95. The Kier molecular flexibility index (Phi) is 4.95. The van der Waals surface area contributed by atoms with E-state index in [1.54, 1.807) is 0 Å². The summed E-state index contributed by atoms with van der Waals surface area (Å²) in [6.45, 7) is 2.83. The largest absolute Gasteiger partial charge is 0.365 e. The molecular weight excluding hydrogens is 262 g/mol. The second-order valence-electron chi connectivity index (χ2n) is 5.14. The van der Waals surface area contributed by atoms with Crippen molar-refractivity contribution in [1.82, 2.24) is 0 Å². The molecule has 0 aliphatic rings. The Bertz CT molecular complexity index is 608. The zero-order valence-electron chi connectivity index (χ0n) is 12.5. The van der Waals surface area contributed by atoms with Crippen molar-refractivity contribution >= 4 is 17.3 Å². The molecule has 21 heavy (non-hydrogen) atoms. The fourth-order valence-electron chi connectivity index (χ4n) is 2.12. The molecule has 2 aromatic rings. The van der Waals surface area contributed by atoms with Gasteiger partial charge in [-0.05, 0) is 42.3 Å². The minimum absolute atomic E-state index is 0.0361. The van der Waals surface area contributed by atoms with E-state index in [4.69, 9.17) is 5.73 Å². The van der Waals surface area contributed by atoms with E-state index in [0.717, 1.165) is 22.5 Å². The van der Waals surface area contributed by atoms with Crippen molar-refractivity contribution < 1.29 is 4.79 Å². The van der Waals surface area contributed by atoms with E-state index < -0.39 is 0 Å². The van der Waals surface area contributed by atoms with E-state index >= 15 is 0 Å². The minimum Gasteiger partial charge on any atom is -0.365 e. The normalized spacial score (nSPS) is 10.2. The maximum absolute atomic E-state index is 12.1. The maximum Gasteiger partial charge on any atom is 0.243 e. The number of likely N-dealkylation sites (N-methyl/N-ethyl adjacent to an activating group) is 1. The number of carbonyl (C=O) groups excluding carboxylic acids is 1. The molecule has 2 aromatic carbocycles. The Morgan fingerprint density at radius 1 is 1.19 bits per heavy atom. The van der Waals surface area contributed by atoms with Gasteiger partial charge in [0.25, 0.3) is 0 Å². The van der Waals surface area contributed by atoms with Crippen LogP contribution >= 0.6 is 0 Å². The molecule has 0 spiro atoms. The number of nitrogens with one attached hydrogen (secondary N) is 1. The van der Waals surface area contributed by atoms with Gasteiger partial charge >= 0.3 is 0 Å². The number of nitrogens with zero attached hydrogens (tertiary/aromatic N) is 1. The van der Waals surface area contributed by atoms with Crippen molar-refractivity contribution in [3.63, 3.8) is 0 Å². The molecule has 0 aliphatic heterocycles. The van der Waals surface area contributed by atoms with E-state index in [2.05, 4.69) is 5.32 Å². The Labute approximate surface area is 125 Å². The van der Waals surface area contributed by atoms with Crippen molar-refractivity contribution in [2.75, 3.05) is 23.8 Å². The van der Waals surface area contributed by atoms with Crippen molar-refractivity contribution in [3.05, 3.63) is 59.7 Å². The van der Waals surface area contributed by atoms with Gasteiger partial charge in [0, 0.05) is 25.0 Å². The van der Waals surface area contributed by atoms with E-state index in [0.29, 0.717) is 13.1 Å². The summed E-state index contributed by atoms with van der Waals surface area (Å²) >= 11 is 0. The molecule has 0 aromatic heterocycles. The van der Waals surface area contributed by atoms with E-state index in [-0.39, 0.29) is 5.91 Å². The summed E-state index contributed by atoms with van der Waals surface area (Å²) in [5.41, 5.74) is 9.60. The lowest BCUT2D eigenvalue weighted by Crippen LogP contribution is -2.30. The second kappa shape index (κ2) is 6.90. The fraction of sp³-hybridized carbons (Fsp3) is 0.235. The molecule has 0 saturated heterocycles. The summed E-state index contributed by atoms with van der Waals surface area (Å²) in [4.78, 5) is 14.0. The summed E-state index contributed by atoms with van der Waals surface area (Å²) < 4.78 is 0. The highest BCUT2D eigenvalue weighted by Crippen LogP contribution is 2.14. The summed E-state index contributed by atoms with van der Waals surface area (Å²) in [6.07, 6.45) is 0. The lowest BCUT2D eigenvalue weighted by atomic mass is 10.2. The molecule has 0 unspecified atom stereocenters. The van der Waals surface area contributed by atoms with Gasteiger partial charge in [0.1, 0.15) is 0 Å². The summed E-state index contributed by atoms with van der Waals surface area (Å²) in [5.74, 6) is -0.0361. The van der Waals surface area contributed by atoms with Crippen molar-refractivity contribution in [1.29, 1.82) is 0 Å². The van der Waals surface area contributed by atoms with Crippen LogP contribution in [0, 0.1) is 6.92 Å². The Hall–Kier alpha value is -2.33. The van der Waals surface area contributed by atoms with Crippen LogP contribution in [0.4, 0.5) is 11.4 Å². The first-order chi connectivity index (χ1) is 10.1. The molecule has 4 heteroatoms. The number of amides is 1. The van der Waals surface area contributed by atoms with E-state index in [1.165, 1.54) is 0 Å². The summed E-state index contributed by atoms with van der Waals surface area (Å²) in [5, 5.41) is 2.91. The van der Waals surface area contributed by atoms with Crippen molar-refractivity contribution in [2.45, 2.75) is 13.5 Å². The molecule has 1 amide bonds. The lowest BCUT2D eigenvalue weighted by molar-refractivity contribution is -0.114. The van der Waals surface area contributed by atoms with Crippen molar-refractivity contribution in [3.8, 4) is 0 Å². The monoisotopic (exact) mass is 283 g/mol. The minimum atomic E-state index is -0.0361. The predicted molar refractivity (Wildman–Crippen MR) is 87.4 cm³/mol. The van der Waals surface area contributed by atoms with Crippen LogP contribution in [-0.2, 0) is 11.3 Å². The predicted octanol–water partition coefficient (Wildman–Crippen LogP) is 2.53. The molecule has 0 heterocycles. The van der Waals surface area contributed by atoms with Crippen LogP contribution in [0.3, 0.4) is 0 Å². The van der Waals surface area contributed by atoms with Crippen LogP contribution < -0.4 is 16.0 Å². The fourth-order valence-corrected chi connectivity index (χ4v) is 2.12. The molecule has 0 radical (unpaired) electrons. The number of carbonyl (C=O) groups is 1. The van der Waals surface area contributed by atoms with Gasteiger partial charge in [-0.3, -0.25) is 4.79 Å². The van der Waals surface area contributed by atoms with Gasteiger partial charge in [0.05, 0.1) is 6.54 Å². The van der Waals surface area contributed by atoms with Gasteiger partial charge in [-0.25, -0.2) is 0 Å². The van der Waals surface area contributed by atoms with Gasteiger partial charge in [0.2, 0.25) is 5.91 Å². The second-order valence-corrected chi connectivity index (χ2v) is 5.14. The van der Waals surface area contributed by atoms with Crippen LogP contribution in [-0.4, -0.2) is 19.5 Å². The molecule has 0 bridgehead atoms. The Balaban J connectivity index is 1.95. The topological polar surface area (TPSA) is 58.4 Å².